The second-order valence-electron chi connectivity index (χ2n) is 6.49. The van der Waals surface area contributed by atoms with Crippen LogP contribution >= 0.6 is 11.8 Å². The van der Waals surface area contributed by atoms with Gasteiger partial charge >= 0.3 is 0 Å². The Balaban J connectivity index is 1.88. The standard InChI is InChI=1S/C17H35NO2S/c1-15-8-7-9-17(12-15)20-14-16(19)13-18-10-5-3-4-6-11-21-2/h15-19H,3-14H2,1-2H3. The van der Waals surface area contributed by atoms with Crippen LogP contribution in [0.1, 0.15) is 58.3 Å². The highest BCUT2D eigenvalue weighted by atomic mass is 32.2. The predicted octanol–water partition coefficient (Wildman–Crippen LogP) is 3.46. The zero-order valence-corrected chi connectivity index (χ0v) is 14.8. The molecule has 1 aliphatic rings. The van der Waals surface area contributed by atoms with Gasteiger partial charge in [0.1, 0.15) is 0 Å². The Kier molecular flexibility index (Phi) is 11.7. The second-order valence-corrected chi connectivity index (χ2v) is 7.48. The molecule has 0 spiro atoms. The van der Waals surface area contributed by atoms with Crippen LogP contribution in [0.4, 0.5) is 0 Å². The number of hydrogen-bond acceptors (Lipinski definition) is 4. The molecule has 0 aromatic carbocycles. The van der Waals surface area contributed by atoms with Gasteiger partial charge in [-0.25, -0.2) is 0 Å². The van der Waals surface area contributed by atoms with E-state index in [-0.39, 0.29) is 6.10 Å². The van der Waals surface area contributed by atoms with E-state index in [1.54, 1.807) is 0 Å². The van der Waals surface area contributed by atoms with Crippen molar-refractivity contribution in [3.05, 3.63) is 0 Å². The maximum atomic E-state index is 9.93. The first kappa shape index (κ1) is 19.3. The molecule has 126 valence electrons. The van der Waals surface area contributed by atoms with Gasteiger partial charge in [-0.05, 0) is 50.2 Å². The summed E-state index contributed by atoms with van der Waals surface area (Å²) >= 11 is 1.93. The smallest absolute Gasteiger partial charge is 0.0897 e. The van der Waals surface area contributed by atoms with E-state index in [2.05, 4.69) is 18.5 Å². The molecule has 1 saturated carbocycles. The Morgan fingerprint density at radius 1 is 1.24 bits per heavy atom. The first-order chi connectivity index (χ1) is 10.2. The molecule has 0 aromatic heterocycles. The fraction of sp³-hybridized carbons (Fsp3) is 1.00. The summed E-state index contributed by atoms with van der Waals surface area (Å²) in [6.45, 7) is 4.45. The second kappa shape index (κ2) is 12.7. The fourth-order valence-corrected chi connectivity index (χ4v) is 3.45. The van der Waals surface area contributed by atoms with Crippen LogP contribution in [0.2, 0.25) is 0 Å². The van der Waals surface area contributed by atoms with Crippen molar-refractivity contribution in [3.63, 3.8) is 0 Å². The van der Waals surface area contributed by atoms with E-state index in [9.17, 15) is 5.11 Å². The average Bonchev–Trinajstić information content (AvgIpc) is 2.48. The molecule has 3 unspecified atom stereocenters. The van der Waals surface area contributed by atoms with Gasteiger partial charge in [0.25, 0.3) is 0 Å². The van der Waals surface area contributed by atoms with Crippen molar-refractivity contribution in [1.82, 2.24) is 5.32 Å². The maximum absolute atomic E-state index is 9.93. The van der Waals surface area contributed by atoms with E-state index < -0.39 is 0 Å². The third-order valence-electron chi connectivity index (χ3n) is 4.24. The highest BCUT2D eigenvalue weighted by Crippen LogP contribution is 2.25. The summed E-state index contributed by atoms with van der Waals surface area (Å²) in [4.78, 5) is 0. The first-order valence-corrected chi connectivity index (χ1v) is 10.1. The molecule has 1 aliphatic carbocycles. The Hall–Kier alpha value is 0.230. The molecule has 2 N–H and O–H groups in total. The summed E-state index contributed by atoms with van der Waals surface area (Å²) in [6, 6.07) is 0. The summed E-state index contributed by atoms with van der Waals surface area (Å²) in [5.41, 5.74) is 0. The Bertz CT molecular complexity index is 241. The molecule has 3 atom stereocenters. The van der Waals surface area contributed by atoms with E-state index in [0.717, 1.165) is 18.9 Å². The molecule has 1 fully saturated rings. The Morgan fingerprint density at radius 2 is 2.05 bits per heavy atom. The number of nitrogens with one attached hydrogen (secondary N) is 1. The van der Waals surface area contributed by atoms with Crippen molar-refractivity contribution in [2.24, 2.45) is 5.92 Å². The lowest BCUT2D eigenvalue weighted by atomic mass is 9.89. The van der Waals surface area contributed by atoms with Crippen molar-refractivity contribution in [2.45, 2.75) is 70.5 Å². The van der Waals surface area contributed by atoms with E-state index in [1.165, 1.54) is 50.7 Å². The monoisotopic (exact) mass is 317 g/mol. The molecule has 21 heavy (non-hydrogen) atoms. The lowest BCUT2D eigenvalue weighted by molar-refractivity contribution is -0.0305. The van der Waals surface area contributed by atoms with E-state index >= 15 is 0 Å². The van der Waals surface area contributed by atoms with Gasteiger partial charge in [-0.2, -0.15) is 11.8 Å². The van der Waals surface area contributed by atoms with Crippen molar-refractivity contribution in [1.29, 1.82) is 0 Å². The first-order valence-electron chi connectivity index (χ1n) is 8.71. The minimum absolute atomic E-state index is 0.362. The van der Waals surface area contributed by atoms with Crippen molar-refractivity contribution in [3.8, 4) is 0 Å². The zero-order chi connectivity index (χ0) is 15.3. The Morgan fingerprint density at radius 3 is 2.81 bits per heavy atom. The topological polar surface area (TPSA) is 41.5 Å². The van der Waals surface area contributed by atoms with Crippen LogP contribution in [0.3, 0.4) is 0 Å². The molecule has 0 aromatic rings. The molecule has 0 bridgehead atoms. The molecule has 0 saturated heterocycles. The highest BCUT2D eigenvalue weighted by Gasteiger charge is 2.20. The summed E-state index contributed by atoms with van der Waals surface area (Å²) in [5, 5.41) is 13.3. The fourth-order valence-electron chi connectivity index (χ4n) is 2.95. The van der Waals surface area contributed by atoms with Gasteiger partial charge in [-0.15, -0.1) is 0 Å². The molecular weight excluding hydrogens is 282 g/mol. The number of rotatable bonds is 12. The summed E-state index contributed by atoms with van der Waals surface area (Å²) in [6.07, 6.45) is 12.3. The molecule has 1 rings (SSSR count). The van der Waals surface area contributed by atoms with E-state index in [4.69, 9.17) is 4.74 Å². The molecular formula is C17H35NO2S. The number of aliphatic hydroxyl groups excluding tert-OH is 1. The van der Waals surface area contributed by atoms with Gasteiger partial charge < -0.3 is 15.2 Å². The SMILES string of the molecule is CSCCCCCCNCC(O)COC1CCCC(C)C1. The third kappa shape index (κ3) is 10.6. The van der Waals surface area contributed by atoms with Crippen LogP contribution < -0.4 is 5.32 Å². The number of ether oxygens (including phenoxy) is 1. The van der Waals surface area contributed by atoms with Gasteiger partial charge in [0.2, 0.25) is 0 Å². The number of unbranched alkanes of at least 4 members (excludes halogenated alkanes) is 3. The van der Waals surface area contributed by atoms with Gasteiger partial charge in [0.15, 0.2) is 0 Å². The normalized spacial score (nSPS) is 24.1. The Labute approximate surface area is 135 Å². The molecule has 0 radical (unpaired) electrons. The molecule has 0 amide bonds. The van der Waals surface area contributed by atoms with Crippen LogP contribution in [-0.2, 0) is 4.74 Å². The molecule has 0 heterocycles. The van der Waals surface area contributed by atoms with Crippen LogP contribution in [0.5, 0.6) is 0 Å². The van der Waals surface area contributed by atoms with Gasteiger partial charge in [-0.3, -0.25) is 0 Å². The lowest BCUT2D eigenvalue weighted by Gasteiger charge is -2.27. The maximum Gasteiger partial charge on any atom is 0.0897 e. The number of thioether (sulfide) groups is 1. The quantitative estimate of drug-likeness (QED) is 0.541. The van der Waals surface area contributed by atoms with Crippen molar-refractivity contribution in [2.75, 3.05) is 31.7 Å². The summed E-state index contributed by atoms with van der Waals surface area (Å²) in [7, 11) is 0. The molecule has 0 aliphatic heterocycles. The predicted molar refractivity (Wildman–Crippen MR) is 93.1 cm³/mol. The summed E-state index contributed by atoms with van der Waals surface area (Å²) in [5.74, 6) is 2.06. The van der Waals surface area contributed by atoms with E-state index in [1.807, 2.05) is 11.8 Å². The third-order valence-corrected chi connectivity index (χ3v) is 4.94. The minimum atomic E-state index is -0.362. The van der Waals surface area contributed by atoms with Crippen LogP contribution in [0, 0.1) is 5.92 Å². The van der Waals surface area contributed by atoms with Gasteiger partial charge in [0.05, 0.1) is 18.8 Å². The van der Waals surface area contributed by atoms with Crippen LogP contribution in [0.15, 0.2) is 0 Å². The van der Waals surface area contributed by atoms with Gasteiger partial charge in [0, 0.05) is 6.54 Å². The number of aliphatic hydroxyl groups is 1. The van der Waals surface area contributed by atoms with Crippen molar-refractivity contribution >= 4 is 11.8 Å². The van der Waals surface area contributed by atoms with Crippen molar-refractivity contribution < 1.29 is 9.84 Å². The zero-order valence-electron chi connectivity index (χ0n) is 14.0. The minimum Gasteiger partial charge on any atom is -0.389 e. The average molecular weight is 318 g/mol. The van der Waals surface area contributed by atoms with Gasteiger partial charge in [-0.1, -0.05) is 32.6 Å². The molecule has 4 heteroatoms. The lowest BCUT2D eigenvalue weighted by Crippen LogP contribution is -2.33. The summed E-state index contributed by atoms with van der Waals surface area (Å²) < 4.78 is 5.85. The number of hydrogen-bond donors (Lipinski definition) is 2. The molecule has 3 nitrogen and oxygen atoms in total. The van der Waals surface area contributed by atoms with Crippen LogP contribution in [-0.4, -0.2) is 49.0 Å². The van der Waals surface area contributed by atoms with E-state index in [0.29, 0.717) is 19.3 Å². The highest BCUT2D eigenvalue weighted by molar-refractivity contribution is 7.98. The van der Waals surface area contributed by atoms with Crippen LogP contribution in [0.25, 0.3) is 0 Å². The largest absolute Gasteiger partial charge is 0.389 e.